The molecule has 0 spiro atoms. The molecule has 1 aliphatic rings. The molecule has 1 saturated heterocycles. The molecule has 1 atom stereocenters. The lowest BCUT2D eigenvalue weighted by Gasteiger charge is -2.26. The van der Waals surface area contributed by atoms with Crippen molar-refractivity contribution >= 4 is 51.5 Å². The van der Waals surface area contributed by atoms with E-state index in [4.69, 9.17) is 9.84 Å². The largest absolute Gasteiger partial charge is 0.479 e. The molecule has 4 amide bonds. The fourth-order valence-corrected chi connectivity index (χ4v) is 2.81. The molecule has 0 aliphatic carbocycles. The Morgan fingerprint density at radius 2 is 1.72 bits per heavy atom. The highest BCUT2D eigenvalue weighted by Crippen LogP contribution is 2.24. The van der Waals surface area contributed by atoms with Gasteiger partial charge >= 0.3 is 12.0 Å². The van der Waals surface area contributed by atoms with Crippen LogP contribution >= 0.6 is 15.9 Å². The first-order valence-corrected chi connectivity index (χ1v) is 9.22. The van der Waals surface area contributed by atoms with E-state index in [-0.39, 0.29) is 5.57 Å². The minimum Gasteiger partial charge on any atom is -0.479 e. The number of hydrogen-bond donors (Lipinski definition) is 2. The maximum Gasteiger partial charge on any atom is 0.344 e. The second-order valence-electron chi connectivity index (χ2n) is 6.10. The van der Waals surface area contributed by atoms with E-state index in [2.05, 4.69) is 21.2 Å². The molecule has 0 aromatic heterocycles. The number of amides is 4. The van der Waals surface area contributed by atoms with Gasteiger partial charge < -0.3 is 9.84 Å². The highest BCUT2D eigenvalue weighted by atomic mass is 79.9. The lowest BCUT2D eigenvalue weighted by Crippen LogP contribution is -2.54. The molecule has 1 fully saturated rings. The summed E-state index contributed by atoms with van der Waals surface area (Å²) in [6, 6.07) is 11.8. The molecule has 2 N–H and O–H groups in total. The van der Waals surface area contributed by atoms with Crippen LogP contribution in [-0.2, 0) is 14.4 Å². The van der Waals surface area contributed by atoms with E-state index in [1.165, 1.54) is 25.1 Å². The number of urea groups is 1. The predicted octanol–water partition coefficient (Wildman–Crippen LogP) is 2.97. The Morgan fingerprint density at radius 3 is 2.31 bits per heavy atom. The van der Waals surface area contributed by atoms with Crippen molar-refractivity contribution in [1.29, 1.82) is 0 Å². The van der Waals surface area contributed by atoms with Crippen molar-refractivity contribution in [3.63, 3.8) is 0 Å². The van der Waals surface area contributed by atoms with Crippen LogP contribution in [0, 0.1) is 0 Å². The van der Waals surface area contributed by atoms with E-state index in [0.717, 1.165) is 9.37 Å². The summed E-state index contributed by atoms with van der Waals surface area (Å²) in [4.78, 5) is 48.9. The van der Waals surface area contributed by atoms with Crippen molar-refractivity contribution in [2.45, 2.75) is 13.0 Å². The van der Waals surface area contributed by atoms with Gasteiger partial charge in [-0.15, -0.1) is 0 Å². The van der Waals surface area contributed by atoms with Crippen molar-refractivity contribution in [2.24, 2.45) is 0 Å². The molecular formula is C20H15BrN2O6. The minimum absolute atomic E-state index is 0.208. The summed E-state index contributed by atoms with van der Waals surface area (Å²) < 4.78 is 6.01. The second kappa shape index (κ2) is 8.27. The highest BCUT2D eigenvalue weighted by molar-refractivity contribution is 9.10. The van der Waals surface area contributed by atoms with Crippen molar-refractivity contribution in [1.82, 2.24) is 5.32 Å². The third-order valence-electron chi connectivity index (χ3n) is 4.04. The molecular weight excluding hydrogens is 444 g/mol. The summed E-state index contributed by atoms with van der Waals surface area (Å²) in [5.41, 5.74) is 0.615. The molecule has 2 aromatic rings. The number of imide groups is 2. The molecule has 0 unspecified atom stereocenters. The van der Waals surface area contributed by atoms with Crippen LogP contribution in [0.25, 0.3) is 6.08 Å². The number of ether oxygens (including phenoxy) is 1. The van der Waals surface area contributed by atoms with Gasteiger partial charge in [-0.25, -0.2) is 14.5 Å². The number of carboxylic acids is 1. The van der Waals surface area contributed by atoms with Gasteiger partial charge in [-0.2, -0.15) is 0 Å². The van der Waals surface area contributed by atoms with Gasteiger partial charge in [-0.1, -0.05) is 28.1 Å². The smallest absolute Gasteiger partial charge is 0.344 e. The van der Waals surface area contributed by atoms with Gasteiger partial charge in [-0.3, -0.25) is 14.9 Å². The molecule has 2 aromatic carbocycles. The molecule has 1 heterocycles. The summed E-state index contributed by atoms with van der Waals surface area (Å²) in [6.45, 7) is 1.40. The summed E-state index contributed by atoms with van der Waals surface area (Å²) in [5.74, 6) is -2.32. The van der Waals surface area contributed by atoms with Gasteiger partial charge in [0.1, 0.15) is 11.3 Å². The predicted molar refractivity (Wildman–Crippen MR) is 107 cm³/mol. The number of nitrogens with zero attached hydrogens (tertiary/aromatic N) is 1. The average Bonchev–Trinajstić information content (AvgIpc) is 2.67. The fraction of sp³-hybridized carbons (Fsp3) is 0.100. The first kappa shape index (κ1) is 20.3. The van der Waals surface area contributed by atoms with Crippen LogP contribution in [-0.4, -0.2) is 35.0 Å². The quantitative estimate of drug-likeness (QED) is 0.525. The summed E-state index contributed by atoms with van der Waals surface area (Å²) >= 11 is 3.28. The average molecular weight is 459 g/mol. The van der Waals surface area contributed by atoms with Crippen molar-refractivity contribution < 1.29 is 29.0 Å². The molecule has 3 rings (SSSR count). The highest BCUT2D eigenvalue weighted by Gasteiger charge is 2.36. The van der Waals surface area contributed by atoms with Gasteiger partial charge in [0.2, 0.25) is 0 Å². The summed E-state index contributed by atoms with van der Waals surface area (Å²) in [5, 5.41) is 11.0. The third kappa shape index (κ3) is 4.52. The number of carboxylic acid groups (broad SMARTS) is 1. The Kier molecular flexibility index (Phi) is 5.79. The molecule has 0 saturated carbocycles. The first-order valence-electron chi connectivity index (χ1n) is 8.43. The minimum atomic E-state index is -1.10. The molecule has 8 nitrogen and oxygen atoms in total. The van der Waals surface area contributed by atoms with Crippen molar-refractivity contribution in [3.05, 3.63) is 64.1 Å². The maximum atomic E-state index is 12.8. The van der Waals surface area contributed by atoms with Crippen LogP contribution in [0.2, 0.25) is 0 Å². The molecule has 148 valence electrons. The van der Waals surface area contributed by atoms with E-state index >= 15 is 0 Å². The van der Waals surface area contributed by atoms with Gasteiger partial charge in [0, 0.05) is 4.47 Å². The number of carbonyl (C=O) groups is 4. The monoisotopic (exact) mass is 458 g/mol. The van der Waals surface area contributed by atoms with Crippen molar-refractivity contribution in [3.8, 4) is 5.75 Å². The van der Waals surface area contributed by atoms with Gasteiger partial charge in [0.25, 0.3) is 11.8 Å². The zero-order valence-electron chi connectivity index (χ0n) is 15.1. The Morgan fingerprint density at radius 1 is 1.10 bits per heavy atom. The van der Waals surface area contributed by atoms with Gasteiger partial charge in [0.05, 0.1) is 5.69 Å². The number of nitrogens with one attached hydrogen (secondary N) is 1. The lowest BCUT2D eigenvalue weighted by atomic mass is 10.1. The van der Waals surface area contributed by atoms with E-state index < -0.39 is 29.9 Å². The van der Waals surface area contributed by atoms with Crippen LogP contribution in [0.3, 0.4) is 0 Å². The van der Waals surface area contributed by atoms with Crippen LogP contribution in [0.5, 0.6) is 5.75 Å². The Hall–Kier alpha value is -3.46. The van der Waals surface area contributed by atoms with E-state index in [1.54, 1.807) is 36.4 Å². The van der Waals surface area contributed by atoms with Crippen LogP contribution in [0.4, 0.5) is 10.5 Å². The van der Waals surface area contributed by atoms with E-state index in [9.17, 15) is 19.2 Å². The van der Waals surface area contributed by atoms with Crippen molar-refractivity contribution in [2.75, 3.05) is 4.90 Å². The topological polar surface area (TPSA) is 113 Å². The van der Waals surface area contributed by atoms with Gasteiger partial charge in [0.15, 0.2) is 6.10 Å². The number of anilines is 1. The Labute approximate surface area is 173 Å². The number of carbonyl (C=O) groups excluding carboxylic acids is 3. The van der Waals surface area contributed by atoms with Crippen LogP contribution in [0.1, 0.15) is 12.5 Å². The molecule has 1 aliphatic heterocycles. The standard InChI is InChI=1S/C20H15BrN2O6/c1-11(19(26)27)29-15-8-2-12(3-9-15)10-16-17(24)22-20(28)23(18(16)25)14-6-4-13(21)5-7-14/h2-11H,1H3,(H,26,27)(H,22,24,28)/b16-10-/t11-/m0/s1. The first-order chi connectivity index (χ1) is 13.8. The zero-order chi connectivity index (χ0) is 21.1. The third-order valence-corrected chi connectivity index (χ3v) is 4.57. The maximum absolute atomic E-state index is 12.8. The number of benzene rings is 2. The summed E-state index contributed by atoms with van der Waals surface area (Å²) in [7, 11) is 0. The molecule has 29 heavy (non-hydrogen) atoms. The number of halogens is 1. The fourth-order valence-electron chi connectivity index (χ4n) is 2.55. The number of barbiturate groups is 1. The van der Waals surface area contributed by atoms with Crippen LogP contribution < -0.4 is 15.0 Å². The SMILES string of the molecule is C[C@H](Oc1ccc(/C=C2/C(=O)NC(=O)N(c3ccc(Br)cc3)C2=O)cc1)C(=O)O. The lowest BCUT2D eigenvalue weighted by molar-refractivity contribution is -0.144. The Bertz CT molecular complexity index is 1010. The number of aliphatic carboxylic acids is 1. The zero-order valence-corrected chi connectivity index (χ0v) is 16.7. The molecule has 9 heteroatoms. The number of rotatable bonds is 5. The second-order valence-corrected chi connectivity index (χ2v) is 7.02. The van der Waals surface area contributed by atoms with Crippen LogP contribution in [0.15, 0.2) is 58.6 Å². The molecule has 0 bridgehead atoms. The number of hydrogen-bond acceptors (Lipinski definition) is 5. The Balaban J connectivity index is 1.86. The summed E-state index contributed by atoms with van der Waals surface area (Å²) in [6.07, 6.45) is 0.329. The van der Waals surface area contributed by atoms with E-state index in [0.29, 0.717) is 17.0 Å². The normalized spacial score (nSPS) is 16.6. The van der Waals surface area contributed by atoms with E-state index in [1.807, 2.05) is 0 Å². The molecule has 0 radical (unpaired) electrons. The van der Waals surface area contributed by atoms with Gasteiger partial charge in [-0.05, 0) is 55.0 Å².